The van der Waals surface area contributed by atoms with E-state index in [2.05, 4.69) is 9.97 Å². The van der Waals surface area contributed by atoms with Crippen LogP contribution >= 0.6 is 11.6 Å². The van der Waals surface area contributed by atoms with Crippen LogP contribution in [0.3, 0.4) is 0 Å². The van der Waals surface area contributed by atoms with Gasteiger partial charge in [-0.25, -0.2) is 27.5 Å². The van der Waals surface area contributed by atoms with E-state index in [9.17, 15) is 13.2 Å². The number of ether oxygens (including phenoxy) is 1. The molecule has 0 spiro atoms. The van der Waals surface area contributed by atoms with Crippen LogP contribution in [0.1, 0.15) is 5.56 Å². The summed E-state index contributed by atoms with van der Waals surface area (Å²) >= 11 is 6.37. The summed E-state index contributed by atoms with van der Waals surface area (Å²) < 4.78 is 32.6. The molecule has 0 saturated heterocycles. The normalized spacial score (nSPS) is 15.8. The quantitative estimate of drug-likeness (QED) is 0.467. The Morgan fingerprint density at radius 2 is 1.69 bits per heavy atom. The Hall–Kier alpha value is -2.97. The van der Waals surface area contributed by atoms with Gasteiger partial charge < -0.3 is 4.74 Å². The predicted molar refractivity (Wildman–Crippen MR) is 108 cm³/mol. The molecule has 2 aromatic carbocycles. The average molecular weight is 430 g/mol. The third kappa shape index (κ3) is 3.34. The second-order valence-electron chi connectivity index (χ2n) is 6.36. The van der Waals surface area contributed by atoms with Gasteiger partial charge in [-0.15, -0.1) is 0 Å². The maximum Gasteiger partial charge on any atom is 0.330 e. The number of sulfonamides is 1. The monoisotopic (exact) mass is 429 g/mol. The van der Waals surface area contributed by atoms with Crippen molar-refractivity contribution in [3.63, 3.8) is 0 Å². The van der Waals surface area contributed by atoms with Crippen molar-refractivity contribution in [2.45, 2.75) is 17.4 Å². The molecule has 3 aromatic rings. The maximum atomic E-state index is 13.4. The molecule has 0 fully saturated rings. The Kier molecular flexibility index (Phi) is 4.97. The Labute approximate surface area is 173 Å². The lowest BCUT2D eigenvalue weighted by atomic mass is 10.1. The lowest BCUT2D eigenvalue weighted by Gasteiger charge is -2.24. The number of benzene rings is 2. The molecule has 1 atom stereocenters. The number of fused-ring (bicyclic) bond motifs is 1. The van der Waals surface area contributed by atoms with Gasteiger partial charge in [0.2, 0.25) is 0 Å². The summed E-state index contributed by atoms with van der Waals surface area (Å²) in [5, 5.41) is 0.105. The van der Waals surface area contributed by atoms with Gasteiger partial charge >= 0.3 is 5.97 Å². The van der Waals surface area contributed by atoms with E-state index in [1.54, 1.807) is 30.3 Å². The molecule has 29 heavy (non-hydrogen) atoms. The number of carbonyl (C=O) groups is 1. The molecular formula is C20H16ClN3O4S. The summed E-state index contributed by atoms with van der Waals surface area (Å²) in [7, 11) is -2.88. The SMILES string of the molecule is COC(=O)C1Cc2c(Cl)nc(-c3ccccc3)nc2N1S(=O)(=O)c1ccccc1. The number of halogens is 1. The third-order valence-electron chi connectivity index (χ3n) is 4.63. The first-order valence-corrected chi connectivity index (χ1v) is 10.5. The Morgan fingerprint density at radius 3 is 2.31 bits per heavy atom. The van der Waals surface area contributed by atoms with Gasteiger partial charge in [0.25, 0.3) is 10.0 Å². The summed E-state index contributed by atoms with van der Waals surface area (Å²) in [6.07, 6.45) is 0.0297. The number of rotatable bonds is 4. The van der Waals surface area contributed by atoms with Crippen molar-refractivity contribution in [3.05, 3.63) is 71.4 Å². The molecule has 1 aromatic heterocycles. The van der Waals surface area contributed by atoms with Crippen LogP contribution in [0.15, 0.2) is 65.6 Å². The van der Waals surface area contributed by atoms with E-state index in [1.807, 2.05) is 18.2 Å². The number of anilines is 1. The first-order valence-electron chi connectivity index (χ1n) is 8.72. The highest BCUT2D eigenvalue weighted by atomic mass is 35.5. The van der Waals surface area contributed by atoms with Crippen LogP contribution in [0.5, 0.6) is 0 Å². The number of carbonyl (C=O) groups excluding carboxylic acids is 1. The fourth-order valence-corrected chi connectivity index (χ4v) is 5.09. The van der Waals surface area contributed by atoms with Crippen LogP contribution in [0.25, 0.3) is 11.4 Å². The Morgan fingerprint density at radius 1 is 1.07 bits per heavy atom. The highest BCUT2D eigenvalue weighted by Crippen LogP contribution is 2.40. The number of hydrogen-bond acceptors (Lipinski definition) is 6. The van der Waals surface area contributed by atoms with Crippen molar-refractivity contribution in [2.75, 3.05) is 11.4 Å². The van der Waals surface area contributed by atoms with Crippen LogP contribution in [-0.4, -0.2) is 37.5 Å². The largest absolute Gasteiger partial charge is 0.467 e. The van der Waals surface area contributed by atoms with Crippen molar-refractivity contribution in [1.82, 2.24) is 9.97 Å². The van der Waals surface area contributed by atoms with Gasteiger partial charge in [-0.3, -0.25) is 0 Å². The zero-order valence-corrected chi connectivity index (χ0v) is 16.9. The zero-order valence-electron chi connectivity index (χ0n) is 15.3. The number of esters is 1. The molecule has 2 heterocycles. The molecule has 4 rings (SSSR count). The van der Waals surface area contributed by atoms with Gasteiger partial charge in [-0.2, -0.15) is 0 Å². The standard InChI is InChI=1S/C20H16ClN3O4S/c1-28-20(25)16-12-15-17(21)22-18(13-8-4-2-5-9-13)23-19(15)24(16)29(26,27)14-10-6-3-7-11-14/h2-11,16H,12H2,1H3. The molecule has 9 heteroatoms. The van der Waals surface area contributed by atoms with Crippen molar-refractivity contribution < 1.29 is 17.9 Å². The van der Waals surface area contributed by atoms with E-state index in [4.69, 9.17) is 16.3 Å². The topological polar surface area (TPSA) is 89.5 Å². The van der Waals surface area contributed by atoms with E-state index < -0.39 is 22.0 Å². The smallest absolute Gasteiger partial charge is 0.330 e. The predicted octanol–water partition coefficient (Wildman–Crippen LogP) is 3.09. The van der Waals surface area contributed by atoms with E-state index in [0.717, 1.165) is 4.31 Å². The van der Waals surface area contributed by atoms with Crippen molar-refractivity contribution in [2.24, 2.45) is 0 Å². The molecule has 0 saturated carbocycles. The van der Waals surface area contributed by atoms with Crippen molar-refractivity contribution in [1.29, 1.82) is 0 Å². The van der Waals surface area contributed by atoms with E-state index >= 15 is 0 Å². The molecular weight excluding hydrogens is 414 g/mol. The van der Waals surface area contributed by atoms with Gasteiger partial charge in [-0.1, -0.05) is 60.1 Å². The Bertz CT molecular complexity index is 1170. The first kappa shape index (κ1) is 19.4. The number of hydrogen-bond donors (Lipinski definition) is 0. The summed E-state index contributed by atoms with van der Waals surface area (Å²) in [6.45, 7) is 0. The molecule has 1 aliphatic rings. The molecule has 0 amide bonds. The minimum Gasteiger partial charge on any atom is -0.467 e. The fourth-order valence-electron chi connectivity index (χ4n) is 3.25. The van der Waals surface area contributed by atoms with Crippen LogP contribution in [-0.2, 0) is 26.0 Å². The number of methoxy groups -OCH3 is 1. The lowest BCUT2D eigenvalue weighted by molar-refractivity contribution is -0.141. The molecule has 0 bridgehead atoms. The van der Waals surface area contributed by atoms with Crippen molar-refractivity contribution >= 4 is 33.4 Å². The first-order chi connectivity index (χ1) is 13.9. The van der Waals surface area contributed by atoms with Crippen molar-refractivity contribution in [3.8, 4) is 11.4 Å². The molecule has 1 aliphatic heterocycles. The second kappa shape index (κ2) is 7.46. The van der Waals surface area contributed by atoms with Gasteiger partial charge in [0.05, 0.1) is 12.0 Å². The van der Waals surface area contributed by atoms with Gasteiger partial charge in [0.1, 0.15) is 11.2 Å². The summed E-state index contributed by atoms with van der Waals surface area (Å²) in [6, 6.07) is 15.8. The van der Waals surface area contributed by atoms with Crippen LogP contribution in [0.2, 0.25) is 5.15 Å². The molecule has 7 nitrogen and oxygen atoms in total. The molecule has 148 valence electrons. The number of aromatic nitrogens is 2. The van der Waals surface area contributed by atoms with Crippen LogP contribution in [0, 0.1) is 0 Å². The minimum atomic E-state index is -4.09. The maximum absolute atomic E-state index is 13.4. The van der Waals surface area contributed by atoms with Crippen LogP contribution in [0.4, 0.5) is 5.82 Å². The highest BCUT2D eigenvalue weighted by molar-refractivity contribution is 7.93. The second-order valence-corrected chi connectivity index (χ2v) is 8.54. The number of nitrogens with zero attached hydrogens (tertiary/aromatic N) is 3. The van der Waals surface area contributed by atoms with Gasteiger partial charge in [0.15, 0.2) is 11.6 Å². The fraction of sp³-hybridized carbons (Fsp3) is 0.150. The van der Waals surface area contributed by atoms with Gasteiger partial charge in [0, 0.05) is 17.5 Å². The lowest BCUT2D eigenvalue weighted by Crippen LogP contribution is -2.43. The van der Waals surface area contributed by atoms with Crippen LogP contribution < -0.4 is 4.31 Å². The molecule has 0 N–H and O–H groups in total. The van der Waals surface area contributed by atoms with E-state index in [1.165, 1.54) is 19.2 Å². The van der Waals surface area contributed by atoms with Gasteiger partial charge in [-0.05, 0) is 12.1 Å². The van der Waals surface area contributed by atoms with E-state index in [-0.39, 0.29) is 28.1 Å². The third-order valence-corrected chi connectivity index (χ3v) is 6.76. The Balaban J connectivity index is 1.92. The summed E-state index contributed by atoms with van der Waals surface area (Å²) in [5.74, 6) is -0.337. The summed E-state index contributed by atoms with van der Waals surface area (Å²) in [5.41, 5.74) is 1.07. The molecule has 1 unspecified atom stereocenters. The van der Waals surface area contributed by atoms with E-state index in [0.29, 0.717) is 11.1 Å². The summed E-state index contributed by atoms with van der Waals surface area (Å²) in [4.78, 5) is 21.2. The minimum absolute atomic E-state index is 0.0297. The molecule has 0 aliphatic carbocycles. The average Bonchev–Trinajstić information content (AvgIpc) is 3.15. The molecule has 0 radical (unpaired) electrons. The highest BCUT2D eigenvalue weighted by Gasteiger charge is 2.45. The zero-order chi connectivity index (χ0) is 20.6.